The van der Waals surface area contributed by atoms with Crippen LogP contribution >= 0.6 is 23.8 Å². The summed E-state index contributed by atoms with van der Waals surface area (Å²) in [5, 5.41) is 7.54. The Morgan fingerprint density at radius 1 is 1.28 bits per heavy atom. The molecule has 1 amide bonds. The number of nitrogens with one attached hydrogen (secondary N) is 2. The number of benzene rings is 2. The Labute approximate surface area is 198 Å². The fraction of sp³-hybridized carbons (Fsp3) is 0.391. The van der Waals surface area contributed by atoms with Crippen molar-refractivity contribution < 1.29 is 19.0 Å². The average Bonchev–Trinajstić information content (AvgIpc) is 2.77. The molecule has 32 heavy (non-hydrogen) atoms. The first-order chi connectivity index (χ1) is 15.4. The van der Waals surface area contributed by atoms with Gasteiger partial charge in [-0.25, -0.2) is 0 Å². The van der Waals surface area contributed by atoms with Gasteiger partial charge in [-0.15, -0.1) is 0 Å². The van der Waals surface area contributed by atoms with Crippen LogP contribution in [0.3, 0.4) is 0 Å². The lowest BCUT2D eigenvalue weighted by Gasteiger charge is -2.56. The van der Waals surface area contributed by atoms with Crippen LogP contribution in [0.1, 0.15) is 24.9 Å². The molecule has 1 saturated heterocycles. The molecule has 0 aliphatic carbocycles. The maximum atomic E-state index is 13.6. The molecule has 2 heterocycles. The normalized spacial score (nSPS) is 23.6. The van der Waals surface area contributed by atoms with Crippen LogP contribution in [0.15, 0.2) is 42.5 Å². The monoisotopic (exact) mass is 475 g/mol. The van der Waals surface area contributed by atoms with Gasteiger partial charge in [0.05, 0.1) is 13.2 Å². The Kier molecular flexibility index (Phi) is 6.46. The zero-order valence-electron chi connectivity index (χ0n) is 18.2. The molecule has 4 rings (SSSR count). The van der Waals surface area contributed by atoms with Gasteiger partial charge < -0.3 is 29.7 Å². The quantitative estimate of drug-likeness (QED) is 0.463. The fourth-order valence-corrected chi connectivity index (χ4v) is 4.97. The summed E-state index contributed by atoms with van der Waals surface area (Å²) in [6.45, 7) is 3.04. The lowest BCUT2D eigenvalue weighted by atomic mass is 9.78. The SMILES string of the molecule is COCCCN1C(=S)N[C@@H]2c3cccc(OC)c3O[C@@]1(C)[C@H]2C(=O)Nc1ccc(Cl)cc1. The van der Waals surface area contributed by atoms with Crippen LogP contribution in [0.2, 0.25) is 5.02 Å². The molecular weight excluding hydrogens is 450 g/mol. The van der Waals surface area contributed by atoms with Crippen molar-refractivity contribution in [1.29, 1.82) is 0 Å². The second kappa shape index (κ2) is 9.13. The number of nitrogens with zero attached hydrogens (tertiary/aromatic N) is 1. The topological polar surface area (TPSA) is 72.1 Å². The molecule has 2 N–H and O–H groups in total. The molecule has 170 valence electrons. The van der Waals surface area contributed by atoms with Crippen molar-refractivity contribution in [3.05, 3.63) is 53.1 Å². The lowest BCUT2D eigenvalue weighted by Crippen LogP contribution is -2.71. The molecule has 0 aromatic heterocycles. The van der Waals surface area contributed by atoms with Gasteiger partial charge >= 0.3 is 0 Å². The van der Waals surface area contributed by atoms with Gasteiger partial charge in [0.2, 0.25) is 5.91 Å². The van der Waals surface area contributed by atoms with E-state index in [-0.39, 0.29) is 11.9 Å². The van der Waals surface area contributed by atoms with Crippen molar-refractivity contribution in [3.8, 4) is 11.5 Å². The third kappa shape index (κ3) is 3.98. The molecule has 1 fully saturated rings. The number of hydrogen-bond donors (Lipinski definition) is 2. The number of carbonyl (C=O) groups excluding carboxylic acids is 1. The number of hydrogen-bond acceptors (Lipinski definition) is 5. The van der Waals surface area contributed by atoms with E-state index in [0.717, 1.165) is 12.0 Å². The minimum Gasteiger partial charge on any atom is -0.493 e. The molecule has 2 aromatic carbocycles. The van der Waals surface area contributed by atoms with Crippen LogP contribution < -0.4 is 20.1 Å². The summed E-state index contributed by atoms with van der Waals surface area (Å²) in [5.41, 5.74) is 0.460. The number of carbonyl (C=O) groups is 1. The molecule has 9 heteroatoms. The van der Waals surface area contributed by atoms with Crippen molar-refractivity contribution in [3.63, 3.8) is 0 Å². The fourth-order valence-electron chi connectivity index (χ4n) is 4.44. The lowest BCUT2D eigenvalue weighted by molar-refractivity contribution is -0.149. The molecule has 2 aliphatic rings. The van der Waals surface area contributed by atoms with Gasteiger partial charge in [0.1, 0.15) is 5.92 Å². The molecule has 0 unspecified atom stereocenters. The summed E-state index contributed by atoms with van der Waals surface area (Å²) in [5.74, 6) is 0.457. The number of methoxy groups -OCH3 is 2. The number of amides is 1. The summed E-state index contributed by atoms with van der Waals surface area (Å²) in [7, 11) is 3.26. The highest BCUT2D eigenvalue weighted by Crippen LogP contribution is 2.51. The van der Waals surface area contributed by atoms with E-state index in [4.69, 9.17) is 38.0 Å². The average molecular weight is 476 g/mol. The Bertz CT molecular complexity index is 1020. The second-order valence-electron chi connectivity index (χ2n) is 7.93. The van der Waals surface area contributed by atoms with E-state index in [1.165, 1.54) is 0 Å². The number of anilines is 1. The van der Waals surface area contributed by atoms with E-state index in [0.29, 0.717) is 40.5 Å². The van der Waals surface area contributed by atoms with E-state index in [2.05, 4.69) is 10.6 Å². The van der Waals surface area contributed by atoms with Crippen LogP contribution in [0, 0.1) is 5.92 Å². The number of thiocarbonyl (C=S) groups is 1. The van der Waals surface area contributed by atoms with Gasteiger partial charge in [-0.1, -0.05) is 23.7 Å². The smallest absolute Gasteiger partial charge is 0.236 e. The maximum absolute atomic E-state index is 13.6. The molecule has 2 aromatic rings. The predicted molar refractivity (Wildman–Crippen MR) is 127 cm³/mol. The molecule has 2 aliphatic heterocycles. The van der Waals surface area contributed by atoms with E-state index in [1.54, 1.807) is 38.5 Å². The summed E-state index contributed by atoms with van der Waals surface area (Å²) >= 11 is 11.7. The van der Waals surface area contributed by atoms with Crippen molar-refractivity contribution in [2.75, 3.05) is 32.7 Å². The van der Waals surface area contributed by atoms with Crippen LogP contribution in [0.25, 0.3) is 0 Å². The zero-order valence-corrected chi connectivity index (χ0v) is 19.8. The highest BCUT2D eigenvalue weighted by Gasteiger charge is 2.58. The highest BCUT2D eigenvalue weighted by atomic mass is 35.5. The molecule has 2 bridgehead atoms. The van der Waals surface area contributed by atoms with E-state index >= 15 is 0 Å². The first-order valence-electron chi connectivity index (χ1n) is 10.4. The van der Waals surface area contributed by atoms with Crippen LogP contribution in [-0.2, 0) is 9.53 Å². The standard InChI is InChI=1S/C23H26ClN3O4S/c1-23-18(21(28)25-15-10-8-14(24)9-11-15)19(26-22(32)27(23)12-5-13-29-2)16-6-4-7-17(30-3)20(16)31-23/h4,6-11,18-19H,5,12-13H2,1-3H3,(H,25,28)(H,26,32)/t18-,19-,23+/m1/s1. The second-order valence-corrected chi connectivity index (χ2v) is 8.76. The van der Waals surface area contributed by atoms with Crippen LogP contribution in [0.4, 0.5) is 5.69 Å². The number of ether oxygens (including phenoxy) is 3. The summed E-state index contributed by atoms with van der Waals surface area (Å²) in [6, 6.07) is 12.3. The first kappa shape index (κ1) is 22.6. The Morgan fingerprint density at radius 2 is 2.03 bits per heavy atom. The first-order valence-corrected chi connectivity index (χ1v) is 11.2. The molecule has 0 radical (unpaired) electrons. The maximum Gasteiger partial charge on any atom is 0.236 e. The van der Waals surface area contributed by atoms with Gasteiger partial charge in [0.25, 0.3) is 0 Å². The van der Waals surface area contributed by atoms with E-state index in [9.17, 15) is 4.79 Å². The van der Waals surface area contributed by atoms with Crippen molar-refractivity contribution in [1.82, 2.24) is 10.2 Å². The molecule has 3 atom stereocenters. The minimum absolute atomic E-state index is 0.181. The molecular formula is C23H26ClN3O4S. The third-order valence-corrected chi connectivity index (χ3v) is 6.56. The van der Waals surface area contributed by atoms with Gasteiger partial charge in [-0.3, -0.25) is 4.79 Å². The number of rotatable bonds is 7. The van der Waals surface area contributed by atoms with Crippen molar-refractivity contribution >= 4 is 40.5 Å². The van der Waals surface area contributed by atoms with Crippen LogP contribution in [0.5, 0.6) is 11.5 Å². The summed E-state index contributed by atoms with van der Waals surface area (Å²) in [4.78, 5) is 15.6. The molecule has 0 spiro atoms. The predicted octanol–water partition coefficient (Wildman–Crippen LogP) is 3.98. The van der Waals surface area contributed by atoms with Crippen LogP contribution in [-0.4, -0.2) is 49.0 Å². The van der Waals surface area contributed by atoms with Gasteiger partial charge in [-0.2, -0.15) is 0 Å². The van der Waals surface area contributed by atoms with E-state index < -0.39 is 11.6 Å². The largest absolute Gasteiger partial charge is 0.493 e. The Balaban J connectivity index is 1.75. The van der Waals surface area contributed by atoms with Gasteiger partial charge in [0, 0.05) is 36.5 Å². The Morgan fingerprint density at radius 3 is 2.72 bits per heavy atom. The highest BCUT2D eigenvalue weighted by molar-refractivity contribution is 7.80. The molecule has 0 saturated carbocycles. The van der Waals surface area contributed by atoms with E-state index in [1.807, 2.05) is 30.0 Å². The van der Waals surface area contributed by atoms with Crippen molar-refractivity contribution in [2.24, 2.45) is 5.92 Å². The summed E-state index contributed by atoms with van der Waals surface area (Å²) < 4.78 is 17.3. The number of fused-ring (bicyclic) bond motifs is 4. The zero-order chi connectivity index (χ0) is 22.9. The molecule has 7 nitrogen and oxygen atoms in total. The Hall–Kier alpha value is -2.55. The van der Waals surface area contributed by atoms with Gasteiger partial charge in [0.15, 0.2) is 22.3 Å². The third-order valence-electron chi connectivity index (χ3n) is 5.97. The summed E-state index contributed by atoms with van der Waals surface area (Å²) in [6.07, 6.45) is 0.728. The minimum atomic E-state index is -1.03. The van der Waals surface area contributed by atoms with Crippen molar-refractivity contribution in [2.45, 2.75) is 25.1 Å². The number of para-hydroxylation sites is 1. The van der Waals surface area contributed by atoms with Gasteiger partial charge in [-0.05, 0) is 55.9 Å². The number of halogens is 1.